The number of aryl methyl sites for hydroxylation is 2. The second-order valence-corrected chi connectivity index (χ2v) is 8.19. The number of nitrogens with zero attached hydrogens (tertiary/aromatic N) is 2. The molecule has 6 heteroatoms. The summed E-state index contributed by atoms with van der Waals surface area (Å²) in [6.45, 7) is 4.64. The first kappa shape index (κ1) is 23.2. The predicted octanol–water partition coefficient (Wildman–Crippen LogP) is 5.03. The number of methoxy groups -OCH3 is 1. The van der Waals surface area contributed by atoms with Gasteiger partial charge in [0.2, 0.25) is 0 Å². The third-order valence-electron chi connectivity index (χ3n) is 5.97. The molecule has 0 bridgehead atoms. The Morgan fingerprint density at radius 2 is 1.76 bits per heavy atom. The van der Waals surface area contributed by atoms with Crippen LogP contribution >= 0.6 is 0 Å². The molecule has 0 atom stereocenters. The van der Waals surface area contributed by atoms with Crippen molar-refractivity contribution in [2.24, 2.45) is 0 Å². The molecule has 0 fully saturated rings. The molecule has 0 spiro atoms. The van der Waals surface area contributed by atoms with Gasteiger partial charge in [0.05, 0.1) is 25.6 Å². The van der Waals surface area contributed by atoms with Crippen LogP contribution in [0.2, 0.25) is 0 Å². The monoisotopic (exact) mass is 455 g/mol. The Morgan fingerprint density at radius 1 is 1.00 bits per heavy atom. The molecule has 4 rings (SSSR count). The Kier molecular flexibility index (Phi) is 7.07. The fourth-order valence-electron chi connectivity index (χ4n) is 4.09. The Labute approximate surface area is 199 Å². The minimum absolute atomic E-state index is 0.0262. The van der Waals surface area contributed by atoms with Gasteiger partial charge in [0.1, 0.15) is 0 Å². The molecule has 0 saturated carbocycles. The van der Waals surface area contributed by atoms with Gasteiger partial charge < -0.3 is 14.6 Å². The predicted molar refractivity (Wildman–Crippen MR) is 136 cm³/mol. The number of carbonyl (C=O) groups is 1. The van der Waals surface area contributed by atoms with Crippen molar-refractivity contribution < 1.29 is 9.53 Å². The van der Waals surface area contributed by atoms with E-state index in [1.807, 2.05) is 65.2 Å². The van der Waals surface area contributed by atoms with E-state index in [-0.39, 0.29) is 17.9 Å². The van der Waals surface area contributed by atoms with Crippen LogP contribution in [0.4, 0.5) is 11.4 Å². The average Bonchev–Trinajstić information content (AvgIpc) is 2.87. The van der Waals surface area contributed by atoms with Crippen LogP contribution < -0.4 is 10.9 Å². The summed E-state index contributed by atoms with van der Waals surface area (Å²) in [6.07, 6.45) is 1.85. The number of nitrogens with one attached hydrogen (secondary N) is 1. The summed E-state index contributed by atoms with van der Waals surface area (Å²) in [4.78, 5) is 29.3. The zero-order valence-electron chi connectivity index (χ0n) is 19.8. The molecular weight excluding hydrogens is 426 g/mol. The minimum Gasteiger partial charge on any atom is -0.469 e. The molecule has 1 N–H and O–H groups in total. The molecule has 0 unspecified atom stereocenters. The number of hydrogen-bond donors (Lipinski definition) is 1. The quantitative estimate of drug-likeness (QED) is 0.377. The molecule has 0 aliphatic rings. The maximum absolute atomic E-state index is 12.8. The summed E-state index contributed by atoms with van der Waals surface area (Å²) < 4.78 is 6.63. The molecule has 2 heterocycles. The minimum atomic E-state index is -0.280. The molecule has 0 radical (unpaired) electrons. The molecule has 0 amide bonds. The maximum atomic E-state index is 12.8. The molecule has 2 aromatic carbocycles. The van der Waals surface area contributed by atoms with Gasteiger partial charge in [-0.05, 0) is 54.3 Å². The van der Waals surface area contributed by atoms with Crippen molar-refractivity contribution in [3.05, 3.63) is 99.6 Å². The number of hydrogen-bond acceptors (Lipinski definition) is 5. The van der Waals surface area contributed by atoms with E-state index in [0.717, 1.165) is 57.6 Å². The summed E-state index contributed by atoms with van der Waals surface area (Å²) in [7, 11) is 1.39. The number of para-hydroxylation sites is 1. The van der Waals surface area contributed by atoms with E-state index in [1.54, 1.807) is 6.07 Å². The van der Waals surface area contributed by atoms with E-state index < -0.39 is 0 Å². The van der Waals surface area contributed by atoms with Gasteiger partial charge in [-0.3, -0.25) is 14.6 Å². The number of benzene rings is 2. The number of fused-ring (bicyclic) bond motifs is 1. The first-order valence-corrected chi connectivity index (χ1v) is 11.6. The van der Waals surface area contributed by atoms with Gasteiger partial charge in [-0.2, -0.15) is 0 Å². The smallest absolute Gasteiger partial charge is 0.310 e. The lowest BCUT2D eigenvalue weighted by Crippen LogP contribution is -2.20. The lowest BCUT2D eigenvalue weighted by molar-refractivity contribution is -0.139. The summed E-state index contributed by atoms with van der Waals surface area (Å²) in [5, 5.41) is 4.41. The first-order chi connectivity index (χ1) is 16.5. The summed E-state index contributed by atoms with van der Waals surface area (Å²) in [5.41, 5.74) is 6.57. The fraction of sp³-hybridized carbons (Fsp3) is 0.250. The van der Waals surface area contributed by atoms with Crippen LogP contribution in [0.1, 0.15) is 36.4 Å². The van der Waals surface area contributed by atoms with Crippen molar-refractivity contribution in [1.29, 1.82) is 0 Å². The standard InChI is InChI=1S/C28H29N3O3/c1-4-21-17-26-23(24(5-2)29-21)14-15-27(32)31(26)18-19-10-12-22(13-11-19)30-25-9-7-6-8-20(25)16-28(33)34-3/h6-15,17,30H,4-5,16,18H2,1-3H3. The van der Waals surface area contributed by atoms with E-state index in [9.17, 15) is 9.59 Å². The number of aromatic nitrogens is 2. The van der Waals surface area contributed by atoms with Crippen LogP contribution in [0.15, 0.2) is 71.5 Å². The van der Waals surface area contributed by atoms with Crippen LogP contribution in [0, 0.1) is 0 Å². The lowest BCUT2D eigenvalue weighted by Gasteiger charge is -2.15. The number of rotatable bonds is 8. The van der Waals surface area contributed by atoms with Crippen LogP contribution in [0.5, 0.6) is 0 Å². The van der Waals surface area contributed by atoms with E-state index in [2.05, 4.69) is 19.2 Å². The van der Waals surface area contributed by atoms with Crippen LogP contribution in [0.25, 0.3) is 10.9 Å². The highest BCUT2D eigenvalue weighted by Crippen LogP contribution is 2.23. The van der Waals surface area contributed by atoms with Crippen molar-refractivity contribution in [3.63, 3.8) is 0 Å². The van der Waals surface area contributed by atoms with Gasteiger partial charge in [0.15, 0.2) is 0 Å². The van der Waals surface area contributed by atoms with Crippen molar-refractivity contribution >= 4 is 28.2 Å². The fourth-order valence-corrected chi connectivity index (χ4v) is 4.09. The molecule has 174 valence electrons. The highest BCUT2D eigenvalue weighted by atomic mass is 16.5. The number of anilines is 2. The molecular formula is C28H29N3O3. The number of esters is 1. The molecule has 4 aromatic rings. The Morgan fingerprint density at radius 3 is 2.47 bits per heavy atom. The van der Waals surface area contributed by atoms with Crippen molar-refractivity contribution in [3.8, 4) is 0 Å². The summed E-state index contributed by atoms with van der Waals surface area (Å²) in [6, 6.07) is 21.2. The molecule has 0 saturated heterocycles. The highest BCUT2D eigenvalue weighted by molar-refractivity contribution is 5.82. The second-order valence-electron chi connectivity index (χ2n) is 8.19. The zero-order valence-corrected chi connectivity index (χ0v) is 19.8. The summed E-state index contributed by atoms with van der Waals surface area (Å²) >= 11 is 0. The van der Waals surface area contributed by atoms with Crippen molar-refractivity contribution in [1.82, 2.24) is 9.55 Å². The number of carbonyl (C=O) groups excluding carboxylic acids is 1. The van der Waals surface area contributed by atoms with Gasteiger partial charge in [-0.25, -0.2) is 0 Å². The largest absolute Gasteiger partial charge is 0.469 e. The lowest BCUT2D eigenvalue weighted by atomic mass is 10.1. The molecule has 6 nitrogen and oxygen atoms in total. The third-order valence-corrected chi connectivity index (χ3v) is 5.97. The van der Waals surface area contributed by atoms with Gasteiger partial charge >= 0.3 is 5.97 Å². The van der Waals surface area contributed by atoms with Gasteiger partial charge in [0, 0.05) is 34.2 Å². The summed E-state index contributed by atoms with van der Waals surface area (Å²) in [5.74, 6) is -0.280. The van der Waals surface area contributed by atoms with Crippen LogP contribution in [0.3, 0.4) is 0 Å². The van der Waals surface area contributed by atoms with Crippen LogP contribution in [-0.2, 0) is 35.3 Å². The topological polar surface area (TPSA) is 73.2 Å². The third kappa shape index (κ3) is 5.01. The van der Waals surface area contributed by atoms with E-state index in [4.69, 9.17) is 9.72 Å². The Hall–Kier alpha value is -3.93. The molecule has 0 aliphatic heterocycles. The number of pyridine rings is 2. The number of ether oxygens (including phenoxy) is 1. The zero-order chi connectivity index (χ0) is 24.1. The maximum Gasteiger partial charge on any atom is 0.310 e. The van der Waals surface area contributed by atoms with E-state index in [1.165, 1.54) is 7.11 Å². The molecule has 2 aromatic heterocycles. The van der Waals surface area contributed by atoms with E-state index in [0.29, 0.717) is 6.54 Å². The SMILES string of the molecule is CCc1cc2c(ccc(=O)n2Cc2ccc(Nc3ccccc3CC(=O)OC)cc2)c(CC)n1. The highest BCUT2D eigenvalue weighted by Gasteiger charge is 2.11. The first-order valence-electron chi connectivity index (χ1n) is 11.6. The van der Waals surface area contributed by atoms with Crippen LogP contribution in [-0.4, -0.2) is 22.6 Å². The molecule has 34 heavy (non-hydrogen) atoms. The average molecular weight is 456 g/mol. The van der Waals surface area contributed by atoms with E-state index >= 15 is 0 Å². The Bertz CT molecular complexity index is 1370. The van der Waals surface area contributed by atoms with Gasteiger partial charge in [-0.15, -0.1) is 0 Å². The van der Waals surface area contributed by atoms with Crippen molar-refractivity contribution in [2.75, 3.05) is 12.4 Å². The second kappa shape index (κ2) is 10.3. The normalized spacial score (nSPS) is 10.9. The Balaban J connectivity index is 1.60. The van der Waals surface area contributed by atoms with Crippen molar-refractivity contribution in [2.45, 2.75) is 39.7 Å². The van der Waals surface area contributed by atoms with Gasteiger partial charge in [-0.1, -0.05) is 44.2 Å². The molecule has 0 aliphatic carbocycles. The van der Waals surface area contributed by atoms with Gasteiger partial charge in [0.25, 0.3) is 5.56 Å².